The van der Waals surface area contributed by atoms with Gasteiger partial charge in [0.15, 0.2) is 0 Å². The molecule has 3 heterocycles. The molecular formula is C19H30N6O. The molecule has 0 aliphatic carbocycles. The predicted octanol–water partition coefficient (Wildman–Crippen LogP) is 2.73. The van der Waals surface area contributed by atoms with Crippen LogP contribution < -0.4 is 5.32 Å². The Morgan fingerprint density at radius 3 is 2.96 bits per heavy atom. The number of aromatic nitrogens is 4. The maximum Gasteiger partial charge on any atom is 0.317 e. The molecular weight excluding hydrogens is 328 g/mol. The molecule has 7 heteroatoms. The fourth-order valence-corrected chi connectivity index (χ4v) is 3.79. The number of urea groups is 1. The number of nitrogens with one attached hydrogen (secondary N) is 1. The fourth-order valence-electron chi connectivity index (χ4n) is 3.79. The molecule has 142 valence electrons. The lowest BCUT2D eigenvalue weighted by atomic mass is 9.98. The van der Waals surface area contributed by atoms with E-state index in [0.717, 1.165) is 62.4 Å². The molecule has 0 aromatic carbocycles. The second-order valence-corrected chi connectivity index (χ2v) is 7.24. The monoisotopic (exact) mass is 358 g/mol. The molecule has 2 aromatic heterocycles. The zero-order valence-electron chi connectivity index (χ0n) is 16.1. The Balaban J connectivity index is 1.54. The van der Waals surface area contributed by atoms with E-state index in [1.54, 1.807) is 6.20 Å². The smallest absolute Gasteiger partial charge is 0.317 e. The number of piperidine rings is 1. The van der Waals surface area contributed by atoms with E-state index < -0.39 is 0 Å². The second kappa shape index (κ2) is 8.38. The van der Waals surface area contributed by atoms with Crippen molar-refractivity contribution in [2.24, 2.45) is 5.92 Å². The minimum atomic E-state index is 0.0300. The molecule has 1 fully saturated rings. The van der Waals surface area contributed by atoms with Crippen molar-refractivity contribution in [1.29, 1.82) is 0 Å². The summed E-state index contributed by atoms with van der Waals surface area (Å²) in [7, 11) is 0. The van der Waals surface area contributed by atoms with E-state index in [-0.39, 0.29) is 6.03 Å². The molecule has 0 bridgehead atoms. The largest absolute Gasteiger partial charge is 0.337 e. The first-order valence-electron chi connectivity index (χ1n) is 9.59. The third-order valence-corrected chi connectivity index (χ3v) is 5.22. The van der Waals surface area contributed by atoms with Crippen LogP contribution in [0.1, 0.15) is 43.1 Å². The van der Waals surface area contributed by atoms with Crippen molar-refractivity contribution in [3.63, 3.8) is 0 Å². The standard InChI is InChI=1S/C19H30N6O/c1-4-8-25-16(3)18(15(2)22-25)11-21-19(26)24-9-5-6-17(13-24)12-23-10-7-20-14-23/h7,10,14,17H,4-6,8-9,11-13H2,1-3H3,(H,21,26)/t17-/m0/s1. The van der Waals surface area contributed by atoms with E-state index >= 15 is 0 Å². The van der Waals surface area contributed by atoms with Crippen LogP contribution in [0, 0.1) is 19.8 Å². The Kier molecular flexibility index (Phi) is 5.96. The number of likely N-dealkylation sites (tertiary alicyclic amines) is 1. The van der Waals surface area contributed by atoms with Crippen molar-refractivity contribution in [3.05, 3.63) is 35.7 Å². The average Bonchev–Trinajstić information content (AvgIpc) is 3.22. The van der Waals surface area contributed by atoms with E-state index in [4.69, 9.17) is 0 Å². The highest BCUT2D eigenvalue weighted by Crippen LogP contribution is 2.19. The lowest BCUT2D eigenvalue weighted by molar-refractivity contribution is 0.159. The summed E-state index contributed by atoms with van der Waals surface area (Å²) in [5, 5.41) is 7.69. The minimum Gasteiger partial charge on any atom is -0.337 e. The van der Waals surface area contributed by atoms with Crippen LogP contribution in [0.4, 0.5) is 4.79 Å². The van der Waals surface area contributed by atoms with Crippen LogP contribution in [0.3, 0.4) is 0 Å². The van der Waals surface area contributed by atoms with E-state index in [1.807, 2.05) is 29.0 Å². The number of rotatable bonds is 6. The van der Waals surface area contributed by atoms with Gasteiger partial charge in [-0.1, -0.05) is 6.92 Å². The molecule has 1 aliphatic heterocycles. The van der Waals surface area contributed by atoms with Crippen molar-refractivity contribution < 1.29 is 4.79 Å². The second-order valence-electron chi connectivity index (χ2n) is 7.24. The third kappa shape index (κ3) is 4.26. The Labute approximate surface area is 155 Å². The Morgan fingerprint density at radius 2 is 2.23 bits per heavy atom. The summed E-state index contributed by atoms with van der Waals surface area (Å²) in [4.78, 5) is 18.7. The molecule has 7 nitrogen and oxygen atoms in total. The van der Waals surface area contributed by atoms with Gasteiger partial charge in [0.2, 0.25) is 0 Å². The van der Waals surface area contributed by atoms with Gasteiger partial charge >= 0.3 is 6.03 Å². The summed E-state index contributed by atoms with van der Waals surface area (Å²) in [6.45, 7) is 10.3. The van der Waals surface area contributed by atoms with Crippen LogP contribution in [0.15, 0.2) is 18.7 Å². The summed E-state index contributed by atoms with van der Waals surface area (Å²) >= 11 is 0. The summed E-state index contributed by atoms with van der Waals surface area (Å²) < 4.78 is 4.14. The van der Waals surface area contributed by atoms with E-state index in [9.17, 15) is 4.79 Å². The molecule has 1 atom stereocenters. The third-order valence-electron chi connectivity index (χ3n) is 5.22. The van der Waals surface area contributed by atoms with Crippen LogP contribution in [-0.4, -0.2) is 43.4 Å². The van der Waals surface area contributed by atoms with Gasteiger partial charge in [0, 0.05) is 56.4 Å². The van der Waals surface area contributed by atoms with Crippen molar-refractivity contribution >= 4 is 6.03 Å². The van der Waals surface area contributed by atoms with Crippen molar-refractivity contribution in [2.45, 2.75) is 59.7 Å². The summed E-state index contributed by atoms with van der Waals surface area (Å²) in [5.41, 5.74) is 3.30. The van der Waals surface area contributed by atoms with Gasteiger partial charge in [-0.2, -0.15) is 5.10 Å². The first-order chi connectivity index (χ1) is 12.6. The molecule has 1 saturated heterocycles. The summed E-state index contributed by atoms with van der Waals surface area (Å²) in [6, 6.07) is 0.0300. The van der Waals surface area contributed by atoms with Gasteiger partial charge in [-0.25, -0.2) is 9.78 Å². The van der Waals surface area contributed by atoms with Gasteiger partial charge in [-0.15, -0.1) is 0 Å². The van der Waals surface area contributed by atoms with Crippen LogP contribution >= 0.6 is 0 Å². The van der Waals surface area contributed by atoms with Crippen molar-refractivity contribution in [2.75, 3.05) is 13.1 Å². The van der Waals surface area contributed by atoms with Gasteiger partial charge in [0.05, 0.1) is 12.0 Å². The Morgan fingerprint density at radius 1 is 1.38 bits per heavy atom. The zero-order valence-corrected chi connectivity index (χ0v) is 16.1. The molecule has 1 aliphatic rings. The molecule has 0 saturated carbocycles. The number of hydrogen-bond donors (Lipinski definition) is 1. The SMILES string of the molecule is CCCn1nc(C)c(CNC(=O)N2CCC[C@@H](Cn3ccnc3)C2)c1C. The lowest BCUT2D eigenvalue weighted by Gasteiger charge is -2.33. The van der Waals surface area contributed by atoms with Crippen LogP contribution in [0.2, 0.25) is 0 Å². The van der Waals surface area contributed by atoms with E-state index in [1.165, 1.54) is 0 Å². The van der Waals surface area contributed by atoms with Crippen LogP contribution in [0.5, 0.6) is 0 Å². The zero-order chi connectivity index (χ0) is 18.5. The molecule has 3 rings (SSSR count). The quantitative estimate of drug-likeness (QED) is 0.863. The van der Waals surface area contributed by atoms with Crippen LogP contribution in [-0.2, 0) is 19.6 Å². The predicted molar refractivity (Wildman–Crippen MR) is 101 cm³/mol. The van der Waals surface area contributed by atoms with Gasteiger partial charge in [0.1, 0.15) is 0 Å². The molecule has 1 N–H and O–H groups in total. The highest BCUT2D eigenvalue weighted by atomic mass is 16.2. The number of nitrogens with zero attached hydrogens (tertiary/aromatic N) is 5. The average molecular weight is 358 g/mol. The maximum absolute atomic E-state index is 12.6. The Hall–Kier alpha value is -2.31. The highest BCUT2D eigenvalue weighted by molar-refractivity contribution is 5.74. The number of amides is 2. The number of carbonyl (C=O) groups excluding carboxylic acids is 1. The maximum atomic E-state index is 12.6. The fraction of sp³-hybridized carbons (Fsp3) is 0.632. The first-order valence-corrected chi connectivity index (χ1v) is 9.59. The lowest BCUT2D eigenvalue weighted by Crippen LogP contribution is -2.46. The van der Waals surface area contributed by atoms with Gasteiger partial charge in [-0.3, -0.25) is 4.68 Å². The number of hydrogen-bond acceptors (Lipinski definition) is 3. The molecule has 0 radical (unpaired) electrons. The number of carbonyl (C=O) groups is 1. The van der Waals surface area contributed by atoms with E-state index in [2.05, 4.69) is 33.8 Å². The highest BCUT2D eigenvalue weighted by Gasteiger charge is 2.24. The number of aryl methyl sites for hydroxylation is 2. The Bertz CT molecular complexity index is 721. The first kappa shape index (κ1) is 18.5. The van der Waals surface area contributed by atoms with Gasteiger partial charge < -0.3 is 14.8 Å². The number of imidazole rings is 1. The van der Waals surface area contributed by atoms with Gasteiger partial charge in [0.25, 0.3) is 0 Å². The van der Waals surface area contributed by atoms with Crippen molar-refractivity contribution in [3.8, 4) is 0 Å². The molecule has 2 amide bonds. The molecule has 0 spiro atoms. The van der Waals surface area contributed by atoms with Crippen molar-refractivity contribution in [1.82, 2.24) is 29.5 Å². The summed E-state index contributed by atoms with van der Waals surface area (Å²) in [6.07, 6.45) is 8.90. The molecule has 2 aromatic rings. The summed E-state index contributed by atoms with van der Waals surface area (Å²) in [5.74, 6) is 0.486. The molecule has 0 unspecified atom stereocenters. The normalized spacial score (nSPS) is 17.5. The van der Waals surface area contributed by atoms with Gasteiger partial charge in [-0.05, 0) is 39.0 Å². The van der Waals surface area contributed by atoms with Crippen LogP contribution in [0.25, 0.3) is 0 Å². The topological polar surface area (TPSA) is 68.0 Å². The van der Waals surface area contributed by atoms with E-state index in [0.29, 0.717) is 12.5 Å². The molecule has 26 heavy (non-hydrogen) atoms. The minimum absolute atomic E-state index is 0.0300.